The average molecular weight is 395 g/mol. The minimum Gasteiger partial charge on any atom is -0.496 e. The minimum absolute atomic E-state index is 0.352. The van der Waals surface area contributed by atoms with E-state index in [1.165, 1.54) is 0 Å². The quantitative estimate of drug-likeness (QED) is 0.736. The fourth-order valence-corrected chi connectivity index (χ4v) is 3.53. The molecule has 29 heavy (non-hydrogen) atoms. The van der Waals surface area contributed by atoms with Crippen LogP contribution in [0, 0.1) is 13.8 Å². The molecular formula is C22H25N3O4. The van der Waals surface area contributed by atoms with Gasteiger partial charge in [0, 0.05) is 5.69 Å². The highest BCUT2D eigenvalue weighted by Crippen LogP contribution is 2.34. The van der Waals surface area contributed by atoms with Crippen LogP contribution >= 0.6 is 0 Å². The Labute approximate surface area is 170 Å². The number of imide groups is 1. The molecule has 152 valence electrons. The molecule has 0 bridgehead atoms. The molecule has 7 nitrogen and oxygen atoms in total. The van der Waals surface area contributed by atoms with Gasteiger partial charge in [-0.1, -0.05) is 30.7 Å². The van der Waals surface area contributed by atoms with E-state index in [1.807, 2.05) is 39.0 Å². The first kappa shape index (κ1) is 20.4. The molecule has 7 heteroatoms. The van der Waals surface area contributed by atoms with Gasteiger partial charge < -0.3 is 15.4 Å². The van der Waals surface area contributed by atoms with Crippen LogP contribution in [0.1, 0.15) is 30.0 Å². The number of anilines is 1. The maximum Gasteiger partial charge on any atom is 0.325 e. The van der Waals surface area contributed by atoms with Crippen LogP contribution in [0.3, 0.4) is 0 Å². The lowest BCUT2D eigenvalue weighted by atomic mass is 9.86. The fraction of sp³-hybridized carbons (Fsp3) is 0.318. The van der Waals surface area contributed by atoms with Crippen molar-refractivity contribution in [2.75, 3.05) is 19.0 Å². The molecule has 1 fully saturated rings. The summed E-state index contributed by atoms with van der Waals surface area (Å²) in [5.74, 6) is -0.171. The molecule has 0 radical (unpaired) electrons. The first-order valence-electron chi connectivity index (χ1n) is 9.46. The summed E-state index contributed by atoms with van der Waals surface area (Å²) in [6.45, 7) is 5.30. The largest absolute Gasteiger partial charge is 0.496 e. The number of benzene rings is 2. The van der Waals surface area contributed by atoms with E-state index in [2.05, 4.69) is 10.6 Å². The Hall–Kier alpha value is -3.35. The maximum atomic E-state index is 13.2. The number of carbonyl (C=O) groups is 3. The first-order chi connectivity index (χ1) is 13.8. The normalized spacial score (nSPS) is 18.6. The molecule has 4 amide bonds. The van der Waals surface area contributed by atoms with Gasteiger partial charge in [-0.25, -0.2) is 4.79 Å². The molecule has 2 aromatic rings. The molecule has 2 aromatic carbocycles. The van der Waals surface area contributed by atoms with Gasteiger partial charge in [-0.2, -0.15) is 0 Å². The van der Waals surface area contributed by atoms with E-state index >= 15 is 0 Å². The van der Waals surface area contributed by atoms with Crippen LogP contribution in [0.2, 0.25) is 0 Å². The van der Waals surface area contributed by atoms with Crippen molar-refractivity contribution in [3.05, 3.63) is 59.2 Å². The summed E-state index contributed by atoms with van der Waals surface area (Å²) < 4.78 is 5.28. The van der Waals surface area contributed by atoms with Crippen LogP contribution in [0.4, 0.5) is 10.5 Å². The molecule has 1 atom stereocenters. The molecule has 2 N–H and O–H groups in total. The number of amides is 4. The second-order valence-electron chi connectivity index (χ2n) is 7.18. The van der Waals surface area contributed by atoms with Crippen LogP contribution in [0.15, 0.2) is 42.5 Å². The molecular weight excluding hydrogens is 370 g/mol. The van der Waals surface area contributed by atoms with E-state index in [-0.39, 0.29) is 6.54 Å². The summed E-state index contributed by atoms with van der Waals surface area (Å²) in [6.07, 6.45) is 0.361. The number of carbonyl (C=O) groups excluding carboxylic acids is 3. The minimum atomic E-state index is -1.20. The Bertz CT molecular complexity index is 955. The Morgan fingerprint density at radius 2 is 1.83 bits per heavy atom. The molecule has 0 saturated carbocycles. The number of hydrogen-bond donors (Lipinski definition) is 2. The lowest BCUT2D eigenvalue weighted by molar-refractivity contribution is -0.134. The number of nitrogens with zero attached hydrogens (tertiary/aromatic N) is 1. The van der Waals surface area contributed by atoms with Gasteiger partial charge in [-0.05, 0) is 55.7 Å². The van der Waals surface area contributed by atoms with Crippen LogP contribution < -0.4 is 15.4 Å². The number of methoxy groups -OCH3 is 1. The van der Waals surface area contributed by atoms with Crippen molar-refractivity contribution in [3.63, 3.8) is 0 Å². The Kier molecular flexibility index (Phi) is 5.59. The van der Waals surface area contributed by atoms with Gasteiger partial charge in [0.1, 0.15) is 17.8 Å². The van der Waals surface area contributed by atoms with E-state index in [4.69, 9.17) is 4.74 Å². The van der Waals surface area contributed by atoms with E-state index in [0.717, 1.165) is 16.0 Å². The topological polar surface area (TPSA) is 87.7 Å². The SMILES string of the molecule is CCC1(c2ccc(OC)c(C)c2)NC(=O)N(CC(=O)Nc2ccc(C)cc2)C1=O. The van der Waals surface area contributed by atoms with E-state index < -0.39 is 23.4 Å². The van der Waals surface area contributed by atoms with Crippen LogP contribution in [0.5, 0.6) is 5.75 Å². The molecule has 1 unspecified atom stereocenters. The zero-order chi connectivity index (χ0) is 21.2. The zero-order valence-corrected chi connectivity index (χ0v) is 17.0. The highest BCUT2D eigenvalue weighted by atomic mass is 16.5. The van der Waals surface area contributed by atoms with Crippen molar-refractivity contribution >= 4 is 23.5 Å². The number of nitrogens with one attached hydrogen (secondary N) is 2. The van der Waals surface area contributed by atoms with Gasteiger partial charge in [0.05, 0.1) is 7.11 Å². The summed E-state index contributed by atoms with van der Waals surface area (Å²) in [6, 6.07) is 12.1. The fourth-order valence-electron chi connectivity index (χ4n) is 3.53. The van der Waals surface area contributed by atoms with Crippen molar-refractivity contribution in [3.8, 4) is 5.75 Å². The predicted octanol–water partition coefficient (Wildman–Crippen LogP) is 3.11. The second kappa shape index (κ2) is 7.95. The smallest absolute Gasteiger partial charge is 0.325 e. The zero-order valence-electron chi connectivity index (χ0n) is 17.0. The summed E-state index contributed by atoms with van der Waals surface area (Å²) in [4.78, 5) is 39.1. The third-order valence-corrected chi connectivity index (χ3v) is 5.23. The van der Waals surface area contributed by atoms with Gasteiger partial charge in [-0.3, -0.25) is 14.5 Å². The highest BCUT2D eigenvalue weighted by molar-refractivity contribution is 6.10. The molecule has 1 aliphatic rings. The Morgan fingerprint density at radius 3 is 2.41 bits per heavy atom. The van der Waals surface area contributed by atoms with E-state index in [0.29, 0.717) is 23.4 Å². The standard InChI is InChI=1S/C22H25N3O4/c1-5-22(16-8-11-18(29-4)15(3)12-16)20(27)25(21(28)24-22)13-19(26)23-17-9-6-14(2)7-10-17/h6-12H,5,13H2,1-4H3,(H,23,26)(H,24,28). The number of ether oxygens (including phenoxy) is 1. The van der Waals surface area contributed by atoms with Gasteiger partial charge in [-0.15, -0.1) is 0 Å². The maximum absolute atomic E-state index is 13.2. The molecule has 0 spiro atoms. The lowest BCUT2D eigenvalue weighted by Crippen LogP contribution is -2.44. The van der Waals surface area contributed by atoms with Crippen LogP contribution in [-0.2, 0) is 15.1 Å². The summed E-state index contributed by atoms with van der Waals surface area (Å²) in [7, 11) is 1.58. The average Bonchev–Trinajstić information content (AvgIpc) is 2.94. The van der Waals surface area contributed by atoms with Crippen LogP contribution in [-0.4, -0.2) is 36.4 Å². The lowest BCUT2D eigenvalue weighted by Gasteiger charge is -2.26. The first-order valence-corrected chi connectivity index (χ1v) is 9.46. The molecule has 1 saturated heterocycles. The summed E-state index contributed by atoms with van der Waals surface area (Å²) >= 11 is 0. The molecule has 0 aromatic heterocycles. The highest BCUT2D eigenvalue weighted by Gasteiger charge is 2.51. The van der Waals surface area contributed by atoms with Crippen molar-refractivity contribution in [2.24, 2.45) is 0 Å². The van der Waals surface area contributed by atoms with Crippen molar-refractivity contribution in [1.29, 1.82) is 0 Å². The Morgan fingerprint density at radius 1 is 1.14 bits per heavy atom. The number of aryl methyl sites for hydroxylation is 2. The molecule has 1 aliphatic heterocycles. The van der Waals surface area contributed by atoms with Gasteiger partial charge in [0.2, 0.25) is 5.91 Å². The molecule has 0 aliphatic carbocycles. The Balaban J connectivity index is 1.81. The monoisotopic (exact) mass is 395 g/mol. The van der Waals surface area contributed by atoms with Crippen molar-refractivity contribution < 1.29 is 19.1 Å². The number of rotatable bonds is 6. The summed E-state index contributed by atoms with van der Waals surface area (Å²) in [5.41, 5.74) is 2.01. The molecule has 1 heterocycles. The van der Waals surface area contributed by atoms with E-state index in [1.54, 1.807) is 31.4 Å². The third kappa shape index (κ3) is 3.81. The van der Waals surface area contributed by atoms with Gasteiger partial charge in [0.15, 0.2) is 0 Å². The predicted molar refractivity (Wildman–Crippen MR) is 110 cm³/mol. The summed E-state index contributed by atoms with van der Waals surface area (Å²) in [5, 5.41) is 5.51. The van der Waals surface area contributed by atoms with Crippen molar-refractivity contribution in [1.82, 2.24) is 10.2 Å². The van der Waals surface area contributed by atoms with Crippen molar-refractivity contribution in [2.45, 2.75) is 32.7 Å². The second-order valence-corrected chi connectivity index (χ2v) is 7.18. The third-order valence-electron chi connectivity index (χ3n) is 5.23. The number of urea groups is 1. The van der Waals surface area contributed by atoms with E-state index in [9.17, 15) is 14.4 Å². The number of hydrogen-bond acceptors (Lipinski definition) is 4. The molecule has 3 rings (SSSR count). The van der Waals surface area contributed by atoms with Crippen LogP contribution in [0.25, 0.3) is 0 Å². The van der Waals surface area contributed by atoms with Gasteiger partial charge >= 0.3 is 6.03 Å². The van der Waals surface area contributed by atoms with Gasteiger partial charge in [0.25, 0.3) is 5.91 Å².